The van der Waals surface area contributed by atoms with Gasteiger partial charge in [-0.2, -0.15) is 0 Å². The molecule has 2 rings (SSSR count). The van der Waals surface area contributed by atoms with E-state index in [2.05, 4.69) is 10.0 Å². The Morgan fingerprint density at radius 1 is 1.00 bits per heavy atom. The molecule has 1 amide bonds. The van der Waals surface area contributed by atoms with Crippen molar-refractivity contribution in [2.45, 2.75) is 11.8 Å². The van der Waals surface area contributed by atoms with Crippen LogP contribution in [0.5, 0.6) is 11.5 Å². The topological polar surface area (TPSA) is 93.7 Å². The van der Waals surface area contributed by atoms with Gasteiger partial charge in [0.25, 0.3) is 10.0 Å². The van der Waals surface area contributed by atoms with Gasteiger partial charge < -0.3 is 14.8 Å². The Morgan fingerprint density at radius 2 is 1.56 bits per heavy atom. The summed E-state index contributed by atoms with van der Waals surface area (Å²) in [6.07, 6.45) is 0. The number of sulfonamides is 1. The molecule has 0 aliphatic heterocycles. The molecule has 25 heavy (non-hydrogen) atoms. The summed E-state index contributed by atoms with van der Waals surface area (Å²) in [7, 11) is -1.21. The van der Waals surface area contributed by atoms with Gasteiger partial charge in [-0.05, 0) is 30.3 Å². The van der Waals surface area contributed by atoms with E-state index in [1.165, 1.54) is 33.3 Å². The Balaban J connectivity index is 2.46. The van der Waals surface area contributed by atoms with Crippen LogP contribution < -0.4 is 19.5 Å². The molecule has 0 fully saturated rings. The van der Waals surface area contributed by atoms with Crippen LogP contribution in [-0.4, -0.2) is 28.5 Å². The number of amides is 1. The molecule has 9 heteroatoms. The van der Waals surface area contributed by atoms with Crippen molar-refractivity contribution in [3.8, 4) is 11.5 Å². The van der Waals surface area contributed by atoms with Crippen molar-refractivity contribution in [1.82, 2.24) is 0 Å². The highest BCUT2D eigenvalue weighted by atomic mass is 32.2. The molecule has 0 bridgehead atoms. The largest absolute Gasteiger partial charge is 0.494 e. The minimum atomic E-state index is -3.98. The Morgan fingerprint density at radius 3 is 2.08 bits per heavy atom. The lowest BCUT2D eigenvalue weighted by molar-refractivity contribution is -0.114. The van der Waals surface area contributed by atoms with Crippen LogP contribution in [0.3, 0.4) is 0 Å². The molecule has 0 aliphatic rings. The lowest BCUT2D eigenvalue weighted by Gasteiger charge is -2.16. The summed E-state index contributed by atoms with van der Waals surface area (Å²) in [4.78, 5) is 11.2. The molecular formula is C16H17FN2O5S. The number of carbonyl (C=O) groups excluding carboxylic acids is 1. The van der Waals surface area contributed by atoms with Crippen LogP contribution in [0.25, 0.3) is 0 Å². The summed E-state index contributed by atoms with van der Waals surface area (Å²) in [6.45, 7) is 1.31. The first kappa shape index (κ1) is 18.5. The number of halogens is 1. The van der Waals surface area contributed by atoms with E-state index in [4.69, 9.17) is 9.47 Å². The second kappa shape index (κ2) is 7.39. The number of anilines is 2. The van der Waals surface area contributed by atoms with Gasteiger partial charge in [-0.3, -0.25) is 9.52 Å². The number of hydrogen-bond donors (Lipinski definition) is 2. The lowest BCUT2D eigenvalue weighted by Crippen LogP contribution is -2.15. The molecule has 0 radical (unpaired) electrons. The fourth-order valence-corrected chi connectivity index (χ4v) is 3.14. The fourth-order valence-electron chi connectivity index (χ4n) is 2.08. The molecule has 0 saturated heterocycles. The van der Waals surface area contributed by atoms with Gasteiger partial charge in [-0.1, -0.05) is 0 Å². The number of benzene rings is 2. The van der Waals surface area contributed by atoms with Gasteiger partial charge in [0.2, 0.25) is 5.91 Å². The second-order valence-electron chi connectivity index (χ2n) is 4.99. The first-order chi connectivity index (χ1) is 11.8. The Bertz CT molecular complexity index is 882. The fraction of sp³-hybridized carbons (Fsp3) is 0.188. The predicted octanol–water partition coefficient (Wildman–Crippen LogP) is 2.60. The van der Waals surface area contributed by atoms with E-state index in [0.717, 1.165) is 24.3 Å². The highest BCUT2D eigenvalue weighted by Gasteiger charge is 2.19. The molecule has 0 saturated carbocycles. The number of hydrogen-bond acceptors (Lipinski definition) is 5. The summed E-state index contributed by atoms with van der Waals surface area (Å²) < 4.78 is 50.6. The van der Waals surface area contributed by atoms with E-state index in [9.17, 15) is 17.6 Å². The van der Waals surface area contributed by atoms with Gasteiger partial charge in [0.15, 0.2) is 0 Å². The quantitative estimate of drug-likeness (QED) is 0.817. The van der Waals surface area contributed by atoms with E-state index in [0.29, 0.717) is 5.75 Å². The Hall–Kier alpha value is -2.81. The minimum Gasteiger partial charge on any atom is -0.494 e. The normalized spacial score (nSPS) is 10.9. The van der Waals surface area contributed by atoms with Crippen LogP contribution in [0.2, 0.25) is 0 Å². The van der Waals surface area contributed by atoms with Gasteiger partial charge in [-0.15, -0.1) is 0 Å². The molecule has 2 N–H and O–H groups in total. The number of rotatable bonds is 6. The van der Waals surface area contributed by atoms with Crippen molar-refractivity contribution in [3.63, 3.8) is 0 Å². The van der Waals surface area contributed by atoms with E-state index < -0.39 is 15.8 Å². The van der Waals surface area contributed by atoms with Crippen LogP contribution in [0.15, 0.2) is 41.3 Å². The van der Waals surface area contributed by atoms with Gasteiger partial charge >= 0.3 is 0 Å². The molecule has 0 spiro atoms. The summed E-state index contributed by atoms with van der Waals surface area (Å²) >= 11 is 0. The van der Waals surface area contributed by atoms with Crippen molar-refractivity contribution in [1.29, 1.82) is 0 Å². The van der Waals surface area contributed by atoms with Crippen molar-refractivity contribution < 1.29 is 27.1 Å². The predicted molar refractivity (Wildman–Crippen MR) is 91.1 cm³/mol. The number of nitrogens with one attached hydrogen (secondary N) is 2. The van der Waals surface area contributed by atoms with E-state index in [-0.39, 0.29) is 27.9 Å². The molecule has 134 valence electrons. The van der Waals surface area contributed by atoms with Crippen LogP contribution in [0.1, 0.15) is 6.92 Å². The maximum atomic E-state index is 13.0. The van der Waals surface area contributed by atoms with E-state index >= 15 is 0 Å². The van der Waals surface area contributed by atoms with E-state index in [1.807, 2.05) is 0 Å². The number of ether oxygens (including phenoxy) is 2. The molecule has 0 heterocycles. The summed E-state index contributed by atoms with van der Waals surface area (Å²) in [5.41, 5.74) is 0.365. The lowest BCUT2D eigenvalue weighted by atomic mass is 10.2. The van der Waals surface area contributed by atoms with Crippen molar-refractivity contribution in [2.24, 2.45) is 0 Å². The molecule has 0 aliphatic carbocycles. The third-order valence-corrected chi connectivity index (χ3v) is 4.58. The first-order valence-corrected chi connectivity index (χ1v) is 8.57. The second-order valence-corrected chi connectivity index (χ2v) is 6.68. The number of methoxy groups -OCH3 is 2. The molecule has 0 atom stereocenters. The zero-order valence-electron chi connectivity index (χ0n) is 13.8. The third kappa shape index (κ3) is 4.38. The highest BCUT2D eigenvalue weighted by Crippen LogP contribution is 2.37. The number of carbonyl (C=O) groups is 1. The van der Waals surface area contributed by atoms with Gasteiger partial charge in [0.1, 0.15) is 17.3 Å². The van der Waals surface area contributed by atoms with Gasteiger partial charge in [0, 0.05) is 13.0 Å². The third-order valence-electron chi connectivity index (χ3n) is 3.20. The maximum Gasteiger partial charge on any atom is 0.262 e. The van der Waals surface area contributed by atoms with E-state index in [1.54, 1.807) is 0 Å². The van der Waals surface area contributed by atoms with Gasteiger partial charge in [0.05, 0.1) is 30.5 Å². The standard InChI is InChI=1S/C16H17FN2O5S/c1-10(20)18-13-8-14(16(24-3)9-15(13)23-2)19-25(21,22)12-6-4-11(17)5-7-12/h4-9,19H,1-3H3,(H,18,20). The monoisotopic (exact) mass is 368 g/mol. The zero-order chi connectivity index (χ0) is 18.6. The summed E-state index contributed by atoms with van der Waals surface area (Å²) in [5, 5.41) is 2.55. The SMILES string of the molecule is COc1cc(OC)c(NS(=O)(=O)c2ccc(F)cc2)cc1NC(C)=O. The highest BCUT2D eigenvalue weighted by molar-refractivity contribution is 7.92. The first-order valence-electron chi connectivity index (χ1n) is 7.09. The average Bonchev–Trinajstić information content (AvgIpc) is 2.54. The van der Waals surface area contributed by atoms with Crippen molar-refractivity contribution in [2.75, 3.05) is 24.3 Å². The Labute approximate surface area is 144 Å². The molecular weight excluding hydrogens is 351 g/mol. The van der Waals surface area contributed by atoms with Crippen LogP contribution in [-0.2, 0) is 14.8 Å². The smallest absolute Gasteiger partial charge is 0.262 e. The van der Waals surface area contributed by atoms with Crippen molar-refractivity contribution >= 4 is 27.3 Å². The Kier molecular flexibility index (Phi) is 5.48. The molecule has 2 aromatic rings. The van der Waals surface area contributed by atoms with Crippen LogP contribution in [0, 0.1) is 5.82 Å². The van der Waals surface area contributed by atoms with Crippen LogP contribution in [0.4, 0.5) is 15.8 Å². The van der Waals surface area contributed by atoms with Gasteiger partial charge in [-0.25, -0.2) is 12.8 Å². The molecule has 0 aromatic heterocycles. The summed E-state index contributed by atoms with van der Waals surface area (Å²) in [6, 6.07) is 7.18. The summed E-state index contributed by atoms with van der Waals surface area (Å²) in [5.74, 6) is -0.404. The molecule has 7 nitrogen and oxygen atoms in total. The van der Waals surface area contributed by atoms with Crippen molar-refractivity contribution in [3.05, 3.63) is 42.2 Å². The zero-order valence-corrected chi connectivity index (χ0v) is 14.6. The average molecular weight is 368 g/mol. The van der Waals surface area contributed by atoms with Crippen LogP contribution >= 0.6 is 0 Å². The molecule has 0 unspecified atom stereocenters. The molecule has 2 aromatic carbocycles. The minimum absolute atomic E-state index is 0.0939. The maximum absolute atomic E-state index is 13.0.